The fourth-order valence-corrected chi connectivity index (χ4v) is 1.58. The molecule has 0 radical (unpaired) electrons. The molecule has 0 saturated carbocycles. The topological polar surface area (TPSA) is 12.0 Å². The lowest BCUT2D eigenvalue weighted by atomic mass is 9.80. The van der Waals surface area contributed by atoms with Crippen LogP contribution in [0.4, 0.5) is 0 Å². The van der Waals surface area contributed by atoms with Gasteiger partial charge < -0.3 is 5.32 Å². The Balaban J connectivity index is 4.02. The van der Waals surface area contributed by atoms with E-state index in [-0.39, 0.29) is 5.41 Å². The van der Waals surface area contributed by atoms with Crippen molar-refractivity contribution < 1.29 is 0 Å². The minimum Gasteiger partial charge on any atom is -0.316 e. The average molecular weight is 183 g/mol. The van der Waals surface area contributed by atoms with Gasteiger partial charge in [0.15, 0.2) is 0 Å². The molecule has 0 fully saturated rings. The number of nitrogens with one attached hydrogen (secondary N) is 1. The summed E-state index contributed by atoms with van der Waals surface area (Å²) in [5.41, 5.74) is 0.269. The molecule has 0 spiro atoms. The summed E-state index contributed by atoms with van der Waals surface area (Å²) in [5, 5.41) is 3.40. The van der Waals surface area contributed by atoms with E-state index in [0.29, 0.717) is 0 Å². The Morgan fingerprint density at radius 2 is 2.08 bits per heavy atom. The van der Waals surface area contributed by atoms with E-state index < -0.39 is 0 Å². The van der Waals surface area contributed by atoms with Crippen molar-refractivity contribution in [1.29, 1.82) is 0 Å². The van der Waals surface area contributed by atoms with Crippen LogP contribution in [0.1, 0.15) is 40.5 Å². The molecular weight excluding hydrogens is 158 g/mol. The van der Waals surface area contributed by atoms with Crippen LogP contribution >= 0.6 is 0 Å². The molecular formula is C12H25N. The van der Waals surface area contributed by atoms with Gasteiger partial charge in [-0.05, 0) is 24.3 Å². The lowest BCUT2D eigenvalue weighted by Crippen LogP contribution is -2.31. The third kappa shape index (κ3) is 5.09. The molecule has 78 valence electrons. The molecule has 1 heteroatoms. The first-order valence-electron chi connectivity index (χ1n) is 5.42. The summed E-state index contributed by atoms with van der Waals surface area (Å²) in [5.74, 6) is 0.793. The Bertz CT molecular complexity index is 142. The highest BCUT2D eigenvalue weighted by Gasteiger charge is 2.21. The largest absolute Gasteiger partial charge is 0.316 e. The van der Waals surface area contributed by atoms with Crippen LogP contribution < -0.4 is 5.32 Å². The SMILES string of the molecule is C=CC(C)(CNCC)CC(C)CC. The van der Waals surface area contributed by atoms with Crippen LogP contribution in [0.3, 0.4) is 0 Å². The highest BCUT2D eigenvalue weighted by Crippen LogP contribution is 2.27. The van der Waals surface area contributed by atoms with Crippen molar-refractivity contribution >= 4 is 0 Å². The van der Waals surface area contributed by atoms with Crippen LogP contribution in [-0.4, -0.2) is 13.1 Å². The second-order valence-corrected chi connectivity index (χ2v) is 4.36. The van der Waals surface area contributed by atoms with Crippen molar-refractivity contribution in [2.45, 2.75) is 40.5 Å². The van der Waals surface area contributed by atoms with Crippen LogP contribution in [0.2, 0.25) is 0 Å². The number of rotatable bonds is 7. The van der Waals surface area contributed by atoms with Crippen molar-refractivity contribution in [3.8, 4) is 0 Å². The van der Waals surface area contributed by atoms with Crippen LogP contribution in [0.15, 0.2) is 12.7 Å². The second kappa shape index (κ2) is 6.20. The minimum absolute atomic E-state index is 0.269. The second-order valence-electron chi connectivity index (χ2n) is 4.36. The van der Waals surface area contributed by atoms with Crippen LogP contribution in [0, 0.1) is 11.3 Å². The van der Waals surface area contributed by atoms with Crippen LogP contribution in [-0.2, 0) is 0 Å². The predicted molar refractivity (Wildman–Crippen MR) is 60.9 cm³/mol. The van der Waals surface area contributed by atoms with Crippen LogP contribution in [0.25, 0.3) is 0 Å². The third-order valence-corrected chi connectivity index (χ3v) is 2.78. The molecule has 0 amide bonds. The maximum absolute atomic E-state index is 3.93. The Morgan fingerprint density at radius 1 is 1.46 bits per heavy atom. The molecule has 0 bridgehead atoms. The zero-order valence-electron chi connectivity index (χ0n) is 9.69. The zero-order chi connectivity index (χ0) is 10.3. The molecule has 1 N–H and O–H groups in total. The molecule has 13 heavy (non-hydrogen) atoms. The van der Waals surface area contributed by atoms with E-state index in [1.165, 1.54) is 12.8 Å². The predicted octanol–water partition coefficient (Wildman–Crippen LogP) is 3.22. The maximum Gasteiger partial charge on any atom is 0.00397 e. The molecule has 1 nitrogen and oxygen atoms in total. The first kappa shape index (κ1) is 12.7. The van der Waals surface area contributed by atoms with Crippen molar-refractivity contribution in [1.82, 2.24) is 5.32 Å². The van der Waals surface area contributed by atoms with Crippen molar-refractivity contribution in [3.05, 3.63) is 12.7 Å². The van der Waals surface area contributed by atoms with Crippen LogP contribution in [0.5, 0.6) is 0 Å². The summed E-state index contributed by atoms with van der Waals surface area (Å²) >= 11 is 0. The van der Waals surface area contributed by atoms with Crippen molar-refractivity contribution in [3.63, 3.8) is 0 Å². The van der Waals surface area contributed by atoms with Gasteiger partial charge in [0, 0.05) is 6.54 Å². The van der Waals surface area contributed by atoms with Gasteiger partial charge in [-0.2, -0.15) is 0 Å². The molecule has 0 rings (SSSR count). The van der Waals surface area contributed by atoms with Gasteiger partial charge in [-0.25, -0.2) is 0 Å². The molecule has 2 unspecified atom stereocenters. The van der Waals surface area contributed by atoms with Gasteiger partial charge in [0.2, 0.25) is 0 Å². The molecule has 0 aliphatic rings. The van der Waals surface area contributed by atoms with Gasteiger partial charge in [0.1, 0.15) is 0 Å². The monoisotopic (exact) mass is 183 g/mol. The van der Waals surface area contributed by atoms with Gasteiger partial charge >= 0.3 is 0 Å². The molecule has 0 saturated heterocycles. The van der Waals surface area contributed by atoms with Gasteiger partial charge in [-0.15, -0.1) is 6.58 Å². The first-order chi connectivity index (χ1) is 6.08. The van der Waals surface area contributed by atoms with Crippen molar-refractivity contribution in [2.75, 3.05) is 13.1 Å². The molecule has 0 aromatic heterocycles. The smallest absolute Gasteiger partial charge is 0.00397 e. The lowest BCUT2D eigenvalue weighted by molar-refractivity contribution is 0.302. The standard InChI is InChI=1S/C12H25N/c1-6-11(4)9-12(5,7-2)10-13-8-3/h7,11,13H,2,6,8-10H2,1,3-5H3. The number of hydrogen-bond donors (Lipinski definition) is 1. The quantitative estimate of drug-likeness (QED) is 0.598. The Morgan fingerprint density at radius 3 is 2.46 bits per heavy atom. The fraction of sp³-hybridized carbons (Fsp3) is 0.833. The summed E-state index contributed by atoms with van der Waals surface area (Å²) in [6.45, 7) is 15.0. The Labute approximate surface area is 83.6 Å². The van der Waals surface area contributed by atoms with E-state index >= 15 is 0 Å². The van der Waals surface area contributed by atoms with Crippen molar-refractivity contribution in [2.24, 2.45) is 11.3 Å². The summed E-state index contributed by atoms with van der Waals surface area (Å²) in [4.78, 5) is 0. The third-order valence-electron chi connectivity index (χ3n) is 2.78. The van der Waals surface area contributed by atoms with Gasteiger partial charge in [-0.1, -0.05) is 40.2 Å². The highest BCUT2D eigenvalue weighted by molar-refractivity contribution is 4.93. The molecule has 0 heterocycles. The van der Waals surface area contributed by atoms with Gasteiger partial charge in [0.25, 0.3) is 0 Å². The molecule has 0 aromatic carbocycles. The van der Waals surface area contributed by atoms with E-state index in [2.05, 4.69) is 45.7 Å². The molecule has 0 aliphatic carbocycles. The van der Waals surface area contributed by atoms with E-state index in [0.717, 1.165) is 19.0 Å². The minimum atomic E-state index is 0.269. The average Bonchev–Trinajstić information content (AvgIpc) is 2.14. The normalized spacial score (nSPS) is 17.8. The summed E-state index contributed by atoms with van der Waals surface area (Å²) in [6.07, 6.45) is 4.59. The lowest BCUT2D eigenvalue weighted by Gasteiger charge is -2.28. The molecule has 2 atom stereocenters. The van der Waals surface area contributed by atoms with E-state index in [1.807, 2.05) is 0 Å². The zero-order valence-corrected chi connectivity index (χ0v) is 9.69. The Hall–Kier alpha value is -0.300. The van der Waals surface area contributed by atoms with E-state index in [9.17, 15) is 0 Å². The van der Waals surface area contributed by atoms with E-state index in [1.54, 1.807) is 0 Å². The maximum atomic E-state index is 3.93. The molecule has 0 aliphatic heterocycles. The summed E-state index contributed by atoms with van der Waals surface area (Å²) in [7, 11) is 0. The summed E-state index contributed by atoms with van der Waals surface area (Å²) < 4.78 is 0. The first-order valence-corrected chi connectivity index (χ1v) is 5.42. The van der Waals surface area contributed by atoms with Gasteiger partial charge in [0.05, 0.1) is 0 Å². The summed E-state index contributed by atoms with van der Waals surface area (Å²) in [6, 6.07) is 0. The highest BCUT2D eigenvalue weighted by atomic mass is 14.9. The van der Waals surface area contributed by atoms with Gasteiger partial charge in [-0.3, -0.25) is 0 Å². The molecule has 0 aromatic rings. The fourth-order valence-electron chi connectivity index (χ4n) is 1.58. The van der Waals surface area contributed by atoms with E-state index in [4.69, 9.17) is 0 Å². The Kier molecular flexibility index (Phi) is 6.06. The number of hydrogen-bond acceptors (Lipinski definition) is 1.